The summed E-state index contributed by atoms with van der Waals surface area (Å²) in [5.41, 5.74) is -1.32. The Morgan fingerprint density at radius 2 is 1.81 bits per heavy atom. The van der Waals surface area contributed by atoms with Crippen molar-refractivity contribution < 1.29 is 32.7 Å². The number of hydrogen-bond donors (Lipinski definition) is 3. The summed E-state index contributed by atoms with van der Waals surface area (Å²) < 4.78 is 43.1. The molecule has 0 aliphatic heterocycles. The first-order valence-corrected chi connectivity index (χ1v) is 11.1. The molecule has 0 aliphatic rings. The van der Waals surface area contributed by atoms with Crippen molar-refractivity contribution in [2.24, 2.45) is 5.92 Å². The fourth-order valence-corrected chi connectivity index (χ4v) is 3.71. The zero-order valence-corrected chi connectivity index (χ0v) is 20.2. The second-order valence-corrected chi connectivity index (χ2v) is 8.66. The smallest absolute Gasteiger partial charge is 0.418 e. The van der Waals surface area contributed by atoms with Crippen LogP contribution in [0.1, 0.15) is 36.2 Å². The number of carbonyl (C=O) groups is 3. The molecule has 0 fully saturated rings. The molecule has 2 aromatic carbocycles. The van der Waals surface area contributed by atoms with E-state index in [-0.39, 0.29) is 29.4 Å². The Morgan fingerprint density at radius 3 is 2.41 bits per heavy atom. The summed E-state index contributed by atoms with van der Waals surface area (Å²) in [7, 11) is 1.46. The maximum atomic E-state index is 13.9. The third-order valence-corrected chi connectivity index (χ3v) is 5.18. The predicted octanol–water partition coefficient (Wildman–Crippen LogP) is 4.68. The summed E-state index contributed by atoms with van der Waals surface area (Å²) in [5, 5.41) is 21.0. The van der Waals surface area contributed by atoms with E-state index in [0.717, 1.165) is 6.07 Å². The summed E-state index contributed by atoms with van der Waals surface area (Å²) in [6, 6.07) is 7.89. The van der Waals surface area contributed by atoms with Gasteiger partial charge in [0.05, 0.1) is 47.1 Å². The van der Waals surface area contributed by atoms with E-state index >= 15 is 0 Å². The van der Waals surface area contributed by atoms with Gasteiger partial charge in [-0.1, -0.05) is 31.2 Å². The van der Waals surface area contributed by atoms with Crippen molar-refractivity contribution in [1.29, 1.82) is 0 Å². The minimum Gasteiger partial charge on any atom is -0.465 e. The van der Waals surface area contributed by atoms with Gasteiger partial charge in [-0.25, -0.2) is 9.48 Å². The number of benzene rings is 2. The zero-order chi connectivity index (χ0) is 27.3. The Hall–Kier alpha value is -4.42. The third kappa shape index (κ3) is 7.06. The summed E-state index contributed by atoms with van der Waals surface area (Å²) in [6.45, 7) is 3.92. The van der Waals surface area contributed by atoms with Crippen LogP contribution in [0.5, 0.6) is 0 Å². The number of amides is 2. The molecule has 0 aliphatic carbocycles. The second kappa shape index (κ2) is 11.1. The molecule has 1 aromatic heterocycles. The van der Waals surface area contributed by atoms with Crippen LogP contribution >= 0.6 is 0 Å². The molecule has 13 heteroatoms. The van der Waals surface area contributed by atoms with Crippen molar-refractivity contribution in [2.75, 3.05) is 29.1 Å². The molecule has 0 saturated carbocycles. The van der Waals surface area contributed by atoms with Crippen LogP contribution in [0, 0.1) is 5.92 Å². The minimum absolute atomic E-state index is 0.0235. The monoisotopic (exact) mass is 518 g/mol. The Kier molecular flexibility index (Phi) is 8.15. The summed E-state index contributed by atoms with van der Waals surface area (Å²) in [4.78, 5) is 38.0. The van der Waals surface area contributed by atoms with Gasteiger partial charge in [0, 0.05) is 19.2 Å². The van der Waals surface area contributed by atoms with Crippen LogP contribution in [0.25, 0.3) is 5.69 Å². The highest BCUT2D eigenvalue weighted by Crippen LogP contribution is 2.41. The van der Waals surface area contributed by atoms with E-state index in [2.05, 4.69) is 15.6 Å². The molecule has 10 nitrogen and oxygen atoms in total. The van der Waals surface area contributed by atoms with Gasteiger partial charge in [-0.05, 0) is 30.2 Å². The average molecular weight is 518 g/mol. The number of Topliss-reactive ketones (excluding diaryl/α,β-unsaturated/α-hetero) is 1. The summed E-state index contributed by atoms with van der Waals surface area (Å²) in [5.74, 6) is -1.49. The van der Waals surface area contributed by atoms with E-state index in [1.54, 1.807) is 18.3 Å². The lowest BCUT2D eigenvalue weighted by molar-refractivity contribution is -0.137. The highest BCUT2D eigenvalue weighted by Gasteiger charge is 2.36. The largest absolute Gasteiger partial charge is 0.465 e. The molecule has 0 radical (unpaired) electrons. The number of halogens is 3. The van der Waals surface area contributed by atoms with Gasteiger partial charge >= 0.3 is 12.3 Å². The highest BCUT2D eigenvalue weighted by molar-refractivity contribution is 6.12. The van der Waals surface area contributed by atoms with Crippen molar-refractivity contribution in [3.05, 3.63) is 59.9 Å². The standard InChI is InChI=1S/C24H25F3N6O4/c1-14(2)13-32(3)20-11-19(30-23(36)37)18(10-17(20)24(25,26)27)29-22(35)12-21(34)15-5-4-6-16(9-15)33-8-7-28-31-33/h4-11,14,30H,12-13H2,1-3H3,(H,29,35)(H,36,37). The van der Waals surface area contributed by atoms with E-state index in [1.807, 2.05) is 19.2 Å². The SMILES string of the molecule is CC(C)CN(C)c1cc(NC(=O)O)c(NC(=O)CC(=O)c2cccc(-n3ccnn3)c2)cc1C(F)(F)F. The molecule has 3 rings (SSSR count). The van der Waals surface area contributed by atoms with Crippen molar-refractivity contribution in [2.45, 2.75) is 26.4 Å². The number of hydrogen-bond acceptors (Lipinski definition) is 6. The number of alkyl halides is 3. The lowest BCUT2D eigenvalue weighted by Gasteiger charge is -2.27. The Labute approximate surface area is 210 Å². The Bertz CT molecular complexity index is 1290. The van der Waals surface area contributed by atoms with Gasteiger partial charge in [0.25, 0.3) is 0 Å². The van der Waals surface area contributed by atoms with E-state index in [9.17, 15) is 32.7 Å². The van der Waals surface area contributed by atoms with Crippen molar-refractivity contribution in [1.82, 2.24) is 15.0 Å². The van der Waals surface area contributed by atoms with Crippen LogP contribution in [0.2, 0.25) is 0 Å². The molecule has 3 N–H and O–H groups in total. The zero-order valence-electron chi connectivity index (χ0n) is 20.2. The highest BCUT2D eigenvalue weighted by atomic mass is 19.4. The maximum Gasteiger partial charge on any atom is 0.418 e. The first-order chi connectivity index (χ1) is 17.3. The maximum absolute atomic E-state index is 13.9. The fraction of sp³-hybridized carbons (Fsp3) is 0.292. The van der Waals surface area contributed by atoms with Crippen molar-refractivity contribution >= 4 is 34.8 Å². The average Bonchev–Trinajstić information content (AvgIpc) is 3.33. The molecule has 0 unspecified atom stereocenters. The molecule has 3 aromatic rings. The molecule has 0 saturated heterocycles. The molecular formula is C24H25F3N6O4. The quantitative estimate of drug-likeness (QED) is 0.277. The normalized spacial score (nSPS) is 11.3. The lowest BCUT2D eigenvalue weighted by atomic mass is 10.1. The molecular weight excluding hydrogens is 493 g/mol. The van der Waals surface area contributed by atoms with Gasteiger partial charge in [0.1, 0.15) is 0 Å². The van der Waals surface area contributed by atoms with Crippen LogP contribution in [-0.4, -0.2) is 51.5 Å². The lowest BCUT2D eigenvalue weighted by Crippen LogP contribution is -2.26. The molecule has 196 valence electrons. The van der Waals surface area contributed by atoms with E-state index in [1.165, 1.54) is 35.0 Å². The van der Waals surface area contributed by atoms with Crippen LogP contribution in [0.4, 0.5) is 35.0 Å². The first-order valence-electron chi connectivity index (χ1n) is 11.1. The van der Waals surface area contributed by atoms with Gasteiger partial charge in [-0.15, -0.1) is 5.10 Å². The molecule has 37 heavy (non-hydrogen) atoms. The number of ketones is 1. The topological polar surface area (TPSA) is 129 Å². The van der Waals surface area contributed by atoms with Gasteiger partial charge in [0.2, 0.25) is 5.91 Å². The van der Waals surface area contributed by atoms with E-state index < -0.39 is 41.6 Å². The Balaban J connectivity index is 1.89. The predicted molar refractivity (Wildman–Crippen MR) is 130 cm³/mol. The summed E-state index contributed by atoms with van der Waals surface area (Å²) >= 11 is 0. The number of nitrogens with one attached hydrogen (secondary N) is 2. The van der Waals surface area contributed by atoms with Crippen molar-refractivity contribution in [3.63, 3.8) is 0 Å². The molecule has 0 bridgehead atoms. The molecule has 2 amide bonds. The van der Waals surface area contributed by atoms with Gasteiger partial charge in [-0.2, -0.15) is 13.2 Å². The summed E-state index contributed by atoms with van der Waals surface area (Å²) in [6.07, 6.45) is -4.00. The number of carbonyl (C=O) groups excluding carboxylic acids is 2. The minimum atomic E-state index is -4.79. The van der Waals surface area contributed by atoms with Crippen LogP contribution in [-0.2, 0) is 11.0 Å². The number of nitrogens with zero attached hydrogens (tertiary/aromatic N) is 4. The first kappa shape index (κ1) is 27.2. The van der Waals surface area contributed by atoms with E-state index in [0.29, 0.717) is 11.8 Å². The molecule has 0 spiro atoms. The van der Waals surface area contributed by atoms with Crippen LogP contribution < -0.4 is 15.5 Å². The van der Waals surface area contributed by atoms with E-state index in [4.69, 9.17) is 0 Å². The van der Waals surface area contributed by atoms with Crippen LogP contribution in [0.15, 0.2) is 48.8 Å². The number of carboxylic acid groups (broad SMARTS) is 1. The number of anilines is 3. The Morgan fingerprint density at radius 1 is 1.11 bits per heavy atom. The van der Waals surface area contributed by atoms with Crippen molar-refractivity contribution in [3.8, 4) is 5.69 Å². The third-order valence-electron chi connectivity index (χ3n) is 5.18. The van der Waals surface area contributed by atoms with Crippen LogP contribution in [0.3, 0.4) is 0 Å². The van der Waals surface area contributed by atoms with Gasteiger partial charge in [-0.3, -0.25) is 14.9 Å². The van der Waals surface area contributed by atoms with Gasteiger partial charge in [0.15, 0.2) is 5.78 Å². The van der Waals surface area contributed by atoms with Gasteiger partial charge < -0.3 is 15.3 Å². The number of aromatic nitrogens is 3. The molecule has 1 heterocycles. The second-order valence-electron chi connectivity index (χ2n) is 8.66. The fourth-order valence-electron chi connectivity index (χ4n) is 3.71. The number of rotatable bonds is 9. The molecule has 0 atom stereocenters.